The van der Waals surface area contributed by atoms with Crippen molar-refractivity contribution in [1.29, 1.82) is 0 Å². The van der Waals surface area contributed by atoms with Crippen molar-refractivity contribution >= 4 is 35.1 Å². The van der Waals surface area contributed by atoms with E-state index in [1.54, 1.807) is 30.1 Å². The van der Waals surface area contributed by atoms with Crippen LogP contribution in [-0.4, -0.2) is 59.4 Å². The predicted octanol–water partition coefficient (Wildman–Crippen LogP) is 4.45. The summed E-state index contributed by atoms with van der Waals surface area (Å²) in [6.45, 7) is 3.25. The van der Waals surface area contributed by atoms with Gasteiger partial charge in [0.05, 0.1) is 23.9 Å². The molecule has 1 unspecified atom stereocenters. The lowest BCUT2D eigenvalue weighted by molar-refractivity contribution is -0.128. The van der Waals surface area contributed by atoms with Gasteiger partial charge in [-0.15, -0.1) is 0 Å². The summed E-state index contributed by atoms with van der Waals surface area (Å²) in [5.74, 6) is -0.0191. The van der Waals surface area contributed by atoms with Gasteiger partial charge < -0.3 is 10.2 Å². The number of hydrogen-bond donors (Lipinski definition) is 1. The van der Waals surface area contributed by atoms with Crippen molar-refractivity contribution in [1.82, 2.24) is 20.0 Å². The molecule has 0 spiro atoms. The number of nitrogens with one attached hydrogen (secondary N) is 1. The van der Waals surface area contributed by atoms with Crippen LogP contribution in [-0.2, 0) is 11.3 Å². The number of nitrogens with zero attached hydrogens (tertiary/aromatic N) is 3. The number of halogens is 2. The molecule has 0 saturated carbocycles. The van der Waals surface area contributed by atoms with Gasteiger partial charge in [-0.2, -0.15) is 0 Å². The van der Waals surface area contributed by atoms with Crippen LogP contribution in [0.1, 0.15) is 30.0 Å². The first-order valence-electron chi connectivity index (χ1n) is 11.2. The molecule has 1 atom stereocenters. The van der Waals surface area contributed by atoms with Crippen molar-refractivity contribution < 1.29 is 9.59 Å². The first kappa shape index (κ1) is 22.3. The average Bonchev–Trinajstić information content (AvgIpc) is 3.15. The fraction of sp³-hybridized carbons (Fsp3) is 0.360. The van der Waals surface area contributed by atoms with Crippen molar-refractivity contribution in [3.63, 3.8) is 0 Å². The molecule has 3 aliphatic rings. The van der Waals surface area contributed by atoms with Crippen LogP contribution >= 0.6 is 23.2 Å². The summed E-state index contributed by atoms with van der Waals surface area (Å²) in [5.41, 5.74) is 3.35. The van der Waals surface area contributed by atoms with E-state index >= 15 is 0 Å². The number of carbonyl (C=O) groups is 2. The second kappa shape index (κ2) is 9.01. The minimum Gasteiger partial charge on any atom is -0.330 e. The third-order valence-electron chi connectivity index (χ3n) is 6.91. The lowest BCUT2D eigenvalue weighted by atomic mass is 9.95. The molecule has 172 valence electrons. The third-order valence-corrected chi connectivity index (χ3v) is 7.47. The summed E-state index contributed by atoms with van der Waals surface area (Å²) in [6, 6.07) is 14.9. The SMILES string of the molecule is CN1C(=O)NC(c2ccc(Cl)cc2Cl)C2=C1CN(C1CCN(Cc3ccccc3)CC1)C2=O. The standard InChI is InChI=1S/C25H26Cl2N4O2/c1-29-21-15-31(18-9-11-30(12-10-18)14-16-5-3-2-4-6-16)24(32)22(21)23(28-25(29)33)19-8-7-17(26)13-20(19)27/h2-8,13,18,23H,9-12,14-15H2,1H3,(H,28,33). The second-order valence-electron chi connectivity index (χ2n) is 8.89. The maximum Gasteiger partial charge on any atom is 0.322 e. The van der Waals surface area contributed by atoms with E-state index in [1.165, 1.54) is 5.56 Å². The van der Waals surface area contributed by atoms with E-state index in [0.717, 1.165) is 38.2 Å². The highest BCUT2D eigenvalue weighted by Crippen LogP contribution is 2.40. The summed E-state index contributed by atoms with van der Waals surface area (Å²) < 4.78 is 0. The van der Waals surface area contributed by atoms with Gasteiger partial charge in [0.1, 0.15) is 0 Å². The molecule has 3 aliphatic heterocycles. The van der Waals surface area contributed by atoms with Crippen LogP contribution in [0.3, 0.4) is 0 Å². The highest BCUT2D eigenvalue weighted by molar-refractivity contribution is 6.35. The lowest BCUT2D eigenvalue weighted by Crippen LogP contribution is -2.46. The molecule has 0 radical (unpaired) electrons. The summed E-state index contributed by atoms with van der Waals surface area (Å²) in [5, 5.41) is 3.90. The summed E-state index contributed by atoms with van der Waals surface area (Å²) in [6.07, 6.45) is 1.83. The molecular weight excluding hydrogens is 459 g/mol. The molecule has 33 heavy (non-hydrogen) atoms. The van der Waals surface area contributed by atoms with Crippen LogP contribution in [0.15, 0.2) is 59.8 Å². The molecule has 0 aromatic heterocycles. The van der Waals surface area contributed by atoms with Crippen LogP contribution < -0.4 is 5.32 Å². The van der Waals surface area contributed by atoms with Gasteiger partial charge in [0.25, 0.3) is 5.91 Å². The number of benzene rings is 2. The van der Waals surface area contributed by atoms with Gasteiger partial charge in [-0.3, -0.25) is 14.6 Å². The Kier molecular flexibility index (Phi) is 6.08. The monoisotopic (exact) mass is 484 g/mol. The largest absolute Gasteiger partial charge is 0.330 e. The predicted molar refractivity (Wildman–Crippen MR) is 129 cm³/mol. The Morgan fingerprint density at radius 1 is 1.03 bits per heavy atom. The highest BCUT2D eigenvalue weighted by atomic mass is 35.5. The van der Waals surface area contributed by atoms with Crippen molar-refractivity contribution in [2.45, 2.75) is 31.5 Å². The van der Waals surface area contributed by atoms with E-state index in [9.17, 15) is 9.59 Å². The molecule has 1 fully saturated rings. The molecule has 5 rings (SSSR count). The Balaban J connectivity index is 1.33. The Bertz CT molecular complexity index is 1110. The number of likely N-dealkylation sites (N-methyl/N-ethyl adjacent to an activating group) is 1. The molecule has 3 heterocycles. The van der Waals surface area contributed by atoms with Crippen molar-refractivity contribution in [3.05, 3.63) is 81.0 Å². The lowest BCUT2D eigenvalue weighted by Gasteiger charge is -2.37. The number of carbonyl (C=O) groups excluding carboxylic acids is 2. The Hall–Kier alpha value is -2.54. The topological polar surface area (TPSA) is 55.9 Å². The van der Waals surface area contributed by atoms with Crippen LogP contribution in [0, 0.1) is 0 Å². The number of piperidine rings is 1. The minimum atomic E-state index is -0.580. The molecular formula is C25H26Cl2N4O2. The molecule has 3 amide bonds. The second-order valence-corrected chi connectivity index (χ2v) is 9.74. The first-order valence-corrected chi connectivity index (χ1v) is 12.0. The number of rotatable bonds is 4. The highest BCUT2D eigenvalue weighted by Gasteiger charge is 2.45. The Morgan fingerprint density at radius 2 is 1.76 bits per heavy atom. The van der Waals surface area contributed by atoms with Gasteiger partial charge in [0, 0.05) is 42.8 Å². The Labute approximate surface area is 203 Å². The molecule has 2 aromatic rings. The maximum absolute atomic E-state index is 13.6. The summed E-state index contributed by atoms with van der Waals surface area (Å²) in [7, 11) is 1.71. The van der Waals surface area contributed by atoms with Crippen molar-refractivity contribution in [2.24, 2.45) is 0 Å². The Morgan fingerprint density at radius 3 is 2.45 bits per heavy atom. The number of likely N-dealkylation sites (tertiary alicyclic amines) is 1. The van der Waals surface area contributed by atoms with Crippen molar-refractivity contribution in [3.8, 4) is 0 Å². The molecule has 1 N–H and O–H groups in total. The van der Waals surface area contributed by atoms with Gasteiger partial charge in [-0.05, 0) is 36.1 Å². The van der Waals surface area contributed by atoms with E-state index in [-0.39, 0.29) is 18.0 Å². The average molecular weight is 485 g/mol. The first-order chi connectivity index (χ1) is 15.9. The zero-order chi connectivity index (χ0) is 23.1. The number of hydrogen-bond acceptors (Lipinski definition) is 3. The smallest absolute Gasteiger partial charge is 0.322 e. The van der Waals surface area contributed by atoms with Crippen LogP contribution in [0.4, 0.5) is 4.79 Å². The van der Waals surface area contributed by atoms with E-state index in [1.807, 2.05) is 11.0 Å². The zero-order valence-electron chi connectivity index (χ0n) is 18.4. The third kappa shape index (κ3) is 4.23. The van der Waals surface area contributed by atoms with E-state index in [2.05, 4.69) is 34.5 Å². The fourth-order valence-corrected chi connectivity index (χ4v) is 5.60. The molecule has 8 heteroatoms. The molecule has 0 aliphatic carbocycles. The molecule has 2 aromatic carbocycles. The van der Waals surface area contributed by atoms with E-state index in [4.69, 9.17) is 23.2 Å². The van der Waals surface area contributed by atoms with Crippen LogP contribution in [0.5, 0.6) is 0 Å². The van der Waals surface area contributed by atoms with Gasteiger partial charge in [0.15, 0.2) is 0 Å². The van der Waals surface area contributed by atoms with E-state index < -0.39 is 6.04 Å². The normalized spacial score (nSPS) is 22.1. The van der Waals surface area contributed by atoms with Gasteiger partial charge in [-0.1, -0.05) is 59.6 Å². The van der Waals surface area contributed by atoms with Crippen LogP contribution in [0.2, 0.25) is 10.0 Å². The van der Waals surface area contributed by atoms with Crippen molar-refractivity contribution in [2.75, 3.05) is 26.7 Å². The molecule has 0 bridgehead atoms. The van der Waals surface area contributed by atoms with Gasteiger partial charge >= 0.3 is 6.03 Å². The zero-order valence-corrected chi connectivity index (χ0v) is 19.9. The quantitative estimate of drug-likeness (QED) is 0.697. The van der Waals surface area contributed by atoms with Gasteiger partial charge in [-0.25, -0.2) is 4.79 Å². The number of urea groups is 1. The molecule has 6 nitrogen and oxygen atoms in total. The summed E-state index contributed by atoms with van der Waals surface area (Å²) in [4.78, 5) is 32.2. The van der Waals surface area contributed by atoms with Gasteiger partial charge in [0.2, 0.25) is 0 Å². The molecule has 1 saturated heterocycles. The summed E-state index contributed by atoms with van der Waals surface area (Å²) >= 11 is 12.5. The van der Waals surface area contributed by atoms with Crippen LogP contribution in [0.25, 0.3) is 0 Å². The van der Waals surface area contributed by atoms with E-state index in [0.29, 0.717) is 27.7 Å². The number of amides is 3. The fourth-order valence-electron chi connectivity index (χ4n) is 5.08. The minimum absolute atomic E-state index is 0.0191. The maximum atomic E-state index is 13.6.